The standard InChI is InChI=1S/C15H14F3NO/c16-15(17,18)10-19-14(11-4-2-1-3-5-11)12-6-8-13(20)9-7-12/h1-9,14,19-20H,10H2. The highest BCUT2D eigenvalue weighted by molar-refractivity contribution is 5.34. The summed E-state index contributed by atoms with van der Waals surface area (Å²) in [6.07, 6.45) is -4.27. The van der Waals surface area contributed by atoms with Gasteiger partial charge in [-0.15, -0.1) is 0 Å². The maximum absolute atomic E-state index is 12.4. The lowest BCUT2D eigenvalue weighted by Gasteiger charge is -2.21. The van der Waals surface area contributed by atoms with Crippen molar-refractivity contribution in [3.05, 3.63) is 65.7 Å². The van der Waals surface area contributed by atoms with Gasteiger partial charge in [0, 0.05) is 0 Å². The van der Waals surface area contributed by atoms with Gasteiger partial charge in [-0.05, 0) is 23.3 Å². The molecule has 0 heterocycles. The summed E-state index contributed by atoms with van der Waals surface area (Å²) in [6.45, 7) is -1.08. The van der Waals surface area contributed by atoms with Gasteiger partial charge >= 0.3 is 6.18 Å². The van der Waals surface area contributed by atoms with Crippen molar-refractivity contribution in [3.8, 4) is 5.75 Å². The van der Waals surface area contributed by atoms with E-state index >= 15 is 0 Å². The molecule has 0 amide bonds. The fourth-order valence-electron chi connectivity index (χ4n) is 1.96. The normalized spacial score (nSPS) is 13.2. The number of alkyl halides is 3. The van der Waals surface area contributed by atoms with Gasteiger partial charge in [-0.1, -0.05) is 42.5 Å². The van der Waals surface area contributed by atoms with E-state index in [-0.39, 0.29) is 5.75 Å². The molecule has 0 fully saturated rings. The summed E-state index contributed by atoms with van der Waals surface area (Å²) in [5, 5.41) is 11.8. The molecule has 2 N–H and O–H groups in total. The Morgan fingerprint density at radius 3 is 2.00 bits per heavy atom. The minimum absolute atomic E-state index is 0.0800. The lowest BCUT2D eigenvalue weighted by molar-refractivity contribution is -0.125. The number of halogens is 3. The molecule has 2 aromatic carbocycles. The fraction of sp³-hybridized carbons (Fsp3) is 0.200. The predicted molar refractivity (Wildman–Crippen MR) is 70.4 cm³/mol. The summed E-state index contributed by atoms with van der Waals surface area (Å²) in [6, 6.07) is 14.4. The van der Waals surface area contributed by atoms with E-state index < -0.39 is 18.8 Å². The average Bonchev–Trinajstić information content (AvgIpc) is 2.41. The first-order chi connectivity index (χ1) is 9.46. The Kier molecular flexibility index (Phi) is 4.29. The topological polar surface area (TPSA) is 32.3 Å². The second kappa shape index (κ2) is 5.96. The van der Waals surface area contributed by atoms with Crippen molar-refractivity contribution < 1.29 is 18.3 Å². The first kappa shape index (κ1) is 14.4. The van der Waals surface area contributed by atoms with Crippen molar-refractivity contribution in [2.75, 3.05) is 6.54 Å². The number of benzene rings is 2. The van der Waals surface area contributed by atoms with Crippen molar-refractivity contribution in [2.24, 2.45) is 0 Å². The van der Waals surface area contributed by atoms with E-state index in [1.165, 1.54) is 12.1 Å². The van der Waals surface area contributed by atoms with E-state index in [2.05, 4.69) is 5.32 Å². The van der Waals surface area contributed by atoms with Crippen LogP contribution in [0.1, 0.15) is 17.2 Å². The Morgan fingerprint density at radius 2 is 1.45 bits per heavy atom. The molecule has 0 aliphatic rings. The molecule has 5 heteroatoms. The van der Waals surface area contributed by atoms with Gasteiger partial charge in [-0.2, -0.15) is 13.2 Å². The van der Waals surface area contributed by atoms with Crippen LogP contribution in [0.3, 0.4) is 0 Å². The fourth-order valence-corrected chi connectivity index (χ4v) is 1.96. The van der Waals surface area contributed by atoms with Crippen LogP contribution in [-0.4, -0.2) is 17.8 Å². The SMILES string of the molecule is Oc1ccc(C(NCC(F)(F)F)c2ccccc2)cc1. The van der Waals surface area contributed by atoms with Crippen molar-refractivity contribution in [3.63, 3.8) is 0 Å². The first-order valence-electron chi connectivity index (χ1n) is 6.10. The van der Waals surface area contributed by atoms with Gasteiger partial charge in [0.05, 0.1) is 12.6 Å². The molecule has 1 unspecified atom stereocenters. The van der Waals surface area contributed by atoms with E-state index in [1.807, 2.05) is 0 Å². The van der Waals surface area contributed by atoms with Crippen LogP contribution < -0.4 is 5.32 Å². The lowest BCUT2D eigenvalue weighted by atomic mass is 9.98. The van der Waals surface area contributed by atoms with Crippen LogP contribution in [0.2, 0.25) is 0 Å². The monoisotopic (exact) mass is 281 g/mol. The molecule has 0 aliphatic heterocycles. The van der Waals surface area contributed by atoms with Crippen molar-refractivity contribution in [1.82, 2.24) is 5.32 Å². The van der Waals surface area contributed by atoms with E-state index in [0.717, 1.165) is 5.56 Å². The van der Waals surface area contributed by atoms with Crippen molar-refractivity contribution in [2.45, 2.75) is 12.2 Å². The van der Waals surface area contributed by atoms with Crippen LogP contribution in [-0.2, 0) is 0 Å². The summed E-state index contributed by atoms with van der Waals surface area (Å²) >= 11 is 0. The van der Waals surface area contributed by atoms with Gasteiger partial charge < -0.3 is 5.11 Å². The number of hydrogen-bond acceptors (Lipinski definition) is 2. The average molecular weight is 281 g/mol. The van der Waals surface area contributed by atoms with Gasteiger partial charge in [0.1, 0.15) is 5.75 Å². The number of phenolic OH excluding ortho intramolecular Hbond substituents is 1. The Hall–Kier alpha value is -2.01. The summed E-state index contributed by atoms with van der Waals surface area (Å²) in [5.74, 6) is 0.0800. The van der Waals surface area contributed by atoms with Gasteiger partial charge in [0.2, 0.25) is 0 Å². The van der Waals surface area contributed by atoms with E-state index in [9.17, 15) is 18.3 Å². The molecule has 106 valence electrons. The highest BCUT2D eigenvalue weighted by atomic mass is 19.4. The third kappa shape index (κ3) is 3.99. The third-order valence-corrected chi connectivity index (χ3v) is 2.87. The molecule has 0 saturated carbocycles. The van der Waals surface area contributed by atoms with Gasteiger partial charge in [-0.25, -0.2) is 0 Å². The van der Waals surface area contributed by atoms with E-state index in [4.69, 9.17) is 0 Å². The summed E-state index contributed by atoms with van der Waals surface area (Å²) in [7, 11) is 0. The van der Waals surface area contributed by atoms with Crippen LogP contribution in [0.4, 0.5) is 13.2 Å². The molecule has 0 bridgehead atoms. The Bertz CT molecular complexity index is 537. The minimum Gasteiger partial charge on any atom is -0.508 e. The molecular weight excluding hydrogens is 267 g/mol. The van der Waals surface area contributed by atoms with Crippen LogP contribution in [0.5, 0.6) is 5.75 Å². The quantitative estimate of drug-likeness (QED) is 0.897. The Balaban J connectivity index is 2.27. The van der Waals surface area contributed by atoms with E-state index in [1.54, 1.807) is 42.5 Å². The Morgan fingerprint density at radius 1 is 0.900 bits per heavy atom. The molecule has 0 aliphatic carbocycles. The summed E-state index contributed by atoms with van der Waals surface area (Å²) in [5.41, 5.74) is 1.40. The molecule has 0 saturated heterocycles. The van der Waals surface area contributed by atoms with Crippen LogP contribution in [0.15, 0.2) is 54.6 Å². The second-order valence-corrected chi connectivity index (χ2v) is 4.43. The van der Waals surface area contributed by atoms with Gasteiger partial charge in [-0.3, -0.25) is 5.32 Å². The molecule has 2 aromatic rings. The van der Waals surface area contributed by atoms with E-state index in [0.29, 0.717) is 5.56 Å². The maximum atomic E-state index is 12.4. The van der Waals surface area contributed by atoms with Crippen LogP contribution in [0, 0.1) is 0 Å². The Labute approximate surface area is 114 Å². The third-order valence-electron chi connectivity index (χ3n) is 2.87. The van der Waals surface area contributed by atoms with Crippen LogP contribution in [0.25, 0.3) is 0 Å². The number of rotatable bonds is 4. The maximum Gasteiger partial charge on any atom is 0.401 e. The van der Waals surface area contributed by atoms with Crippen molar-refractivity contribution >= 4 is 0 Å². The van der Waals surface area contributed by atoms with Crippen molar-refractivity contribution in [1.29, 1.82) is 0 Å². The highest BCUT2D eigenvalue weighted by Gasteiger charge is 2.28. The first-order valence-corrected chi connectivity index (χ1v) is 6.10. The zero-order chi connectivity index (χ0) is 14.6. The molecular formula is C15H14F3NO. The molecule has 2 nitrogen and oxygen atoms in total. The smallest absolute Gasteiger partial charge is 0.401 e. The summed E-state index contributed by atoms with van der Waals surface area (Å²) in [4.78, 5) is 0. The molecule has 20 heavy (non-hydrogen) atoms. The van der Waals surface area contributed by atoms with Crippen LogP contribution >= 0.6 is 0 Å². The zero-order valence-electron chi connectivity index (χ0n) is 10.6. The highest BCUT2D eigenvalue weighted by Crippen LogP contribution is 2.25. The number of hydrogen-bond donors (Lipinski definition) is 2. The predicted octanol–water partition coefficient (Wildman–Crippen LogP) is 3.63. The molecule has 2 rings (SSSR count). The number of phenols is 1. The molecule has 0 radical (unpaired) electrons. The molecule has 0 aromatic heterocycles. The minimum atomic E-state index is -4.27. The zero-order valence-corrected chi connectivity index (χ0v) is 10.6. The number of aromatic hydroxyl groups is 1. The number of nitrogens with one attached hydrogen (secondary N) is 1. The van der Waals surface area contributed by atoms with Gasteiger partial charge in [0.15, 0.2) is 0 Å². The molecule has 1 atom stereocenters. The summed E-state index contributed by atoms with van der Waals surface area (Å²) < 4.78 is 37.2. The lowest BCUT2D eigenvalue weighted by Crippen LogP contribution is -2.32. The molecule has 0 spiro atoms. The second-order valence-electron chi connectivity index (χ2n) is 4.43. The van der Waals surface area contributed by atoms with Gasteiger partial charge in [0.25, 0.3) is 0 Å². The largest absolute Gasteiger partial charge is 0.508 e.